The highest BCUT2D eigenvalue weighted by molar-refractivity contribution is 6.29. The van der Waals surface area contributed by atoms with Crippen molar-refractivity contribution in [1.82, 2.24) is 10.2 Å². The Bertz CT molecular complexity index is 501. The van der Waals surface area contributed by atoms with Gasteiger partial charge in [0, 0.05) is 12.5 Å². The molecule has 0 saturated heterocycles. The molecule has 0 aliphatic heterocycles. The normalized spacial score (nSPS) is 12.4. The minimum atomic E-state index is -0.305. The molecule has 2 rings (SSSR count). The third-order valence-corrected chi connectivity index (χ3v) is 2.73. The summed E-state index contributed by atoms with van der Waals surface area (Å²) in [4.78, 5) is 0. The van der Waals surface area contributed by atoms with E-state index in [4.69, 9.17) is 17.3 Å². The molecule has 1 aromatic carbocycles. The second-order valence-corrected chi connectivity index (χ2v) is 3.98. The van der Waals surface area contributed by atoms with Crippen molar-refractivity contribution in [3.8, 4) is 0 Å². The molecule has 0 aliphatic rings. The second kappa shape index (κ2) is 5.21. The van der Waals surface area contributed by atoms with Crippen LogP contribution in [0.3, 0.4) is 0 Å². The molecule has 2 aromatic rings. The van der Waals surface area contributed by atoms with Crippen LogP contribution < -0.4 is 5.73 Å². The molecule has 3 nitrogen and oxygen atoms in total. The maximum Gasteiger partial charge on any atom is 0.151 e. The number of benzene rings is 1. The predicted molar refractivity (Wildman–Crippen MR) is 64.3 cm³/mol. The maximum atomic E-state index is 13.7. The van der Waals surface area contributed by atoms with Gasteiger partial charge in [0.15, 0.2) is 5.15 Å². The van der Waals surface area contributed by atoms with Crippen molar-refractivity contribution < 1.29 is 4.39 Å². The van der Waals surface area contributed by atoms with E-state index in [9.17, 15) is 4.39 Å². The molecule has 88 valence electrons. The summed E-state index contributed by atoms with van der Waals surface area (Å²) in [7, 11) is 0. The van der Waals surface area contributed by atoms with Gasteiger partial charge < -0.3 is 5.73 Å². The Hall–Kier alpha value is -1.52. The van der Waals surface area contributed by atoms with Gasteiger partial charge in [0.1, 0.15) is 5.82 Å². The van der Waals surface area contributed by atoms with Crippen molar-refractivity contribution in [3.63, 3.8) is 0 Å². The quantitative estimate of drug-likeness (QED) is 0.911. The van der Waals surface area contributed by atoms with Crippen LogP contribution in [0.25, 0.3) is 0 Å². The standard InChI is InChI=1S/C12H11ClFN3/c13-12-6-5-11(16-17-12)9(7-15)8-3-1-2-4-10(8)14/h1-6,9H,7,15H2. The summed E-state index contributed by atoms with van der Waals surface area (Å²) in [6, 6.07) is 9.83. The summed E-state index contributed by atoms with van der Waals surface area (Å²) >= 11 is 5.66. The number of nitrogens with zero attached hydrogens (tertiary/aromatic N) is 2. The highest BCUT2D eigenvalue weighted by atomic mass is 35.5. The summed E-state index contributed by atoms with van der Waals surface area (Å²) < 4.78 is 13.7. The van der Waals surface area contributed by atoms with Crippen LogP contribution in [0.1, 0.15) is 17.2 Å². The number of halogens is 2. The lowest BCUT2D eigenvalue weighted by Gasteiger charge is -2.14. The maximum absolute atomic E-state index is 13.7. The Morgan fingerprint density at radius 1 is 1.18 bits per heavy atom. The van der Waals surface area contributed by atoms with Crippen molar-refractivity contribution >= 4 is 11.6 Å². The van der Waals surface area contributed by atoms with Gasteiger partial charge in [0.25, 0.3) is 0 Å². The molecule has 1 unspecified atom stereocenters. The van der Waals surface area contributed by atoms with E-state index in [1.54, 1.807) is 30.3 Å². The minimum absolute atomic E-state index is 0.261. The summed E-state index contributed by atoms with van der Waals surface area (Å²) in [5.74, 6) is -0.597. The van der Waals surface area contributed by atoms with Gasteiger partial charge in [-0.2, -0.15) is 5.10 Å². The van der Waals surface area contributed by atoms with Gasteiger partial charge in [-0.1, -0.05) is 29.8 Å². The van der Waals surface area contributed by atoms with Crippen LogP contribution in [0.4, 0.5) is 4.39 Å². The monoisotopic (exact) mass is 251 g/mol. The Morgan fingerprint density at radius 2 is 1.94 bits per heavy atom. The van der Waals surface area contributed by atoms with E-state index in [-0.39, 0.29) is 18.3 Å². The largest absolute Gasteiger partial charge is 0.329 e. The zero-order chi connectivity index (χ0) is 12.3. The molecule has 1 aromatic heterocycles. The van der Waals surface area contributed by atoms with Gasteiger partial charge in [-0.3, -0.25) is 0 Å². The number of hydrogen-bond acceptors (Lipinski definition) is 3. The highest BCUT2D eigenvalue weighted by Gasteiger charge is 2.17. The van der Waals surface area contributed by atoms with Crippen molar-refractivity contribution in [2.45, 2.75) is 5.92 Å². The molecule has 2 N–H and O–H groups in total. The average Bonchev–Trinajstić information content (AvgIpc) is 2.35. The molecule has 0 fully saturated rings. The summed E-state index contributed by atoms with van der Waals surface area (Å²) in [6.07, 6.45) is 0. The van der Waals surface area contributed by atoms with Crippen molar-refractivity contribution in [1.29, 1.82) is 0 Å². The molecule has 1 atom stereocenters. The molecule has 5 heteroatoms. The number of nitrogens with two attached hydrogens (primary N) is 1. The van der Waals surface area contributed by atoms with Crippen LogP contribution in [-0.4, -0.2) is 16.7 Å². The molecular weight excluding hydrogens is 241 g/mol. The summed E-state index contributed by atoms with van der Waals surface area (Å²) in [6.45, 7) is 0.261. The minimum Gasteiger partial charge on any atom is -0.329 e. The van der Waals surface area contributed by atoms with Gasteiger partial charge in [-0.15, -0.1) is 5.10 Å². The summed E-state index contributed by atoms with van der Waals surface area (Å²) in [5, 5.41) is 7.98. The molecule has 0 aliphatic carbocycles. The predicted octanol–water partition coefficient (Wildman–Crippen LogP) is 2.36. The fourth-order valence-electron chi connectivity index (χ4n) is 1.68. The number of hydrogen-bond donors (Lipinski definition) is 1. The fraction of sp³-hybridized carbons (Fsp3) is 0.167. The third kappa shape index (κ3) is 2.60. The summed E-state index contributed by atoms with van der Waals surface area (Å²) in [5.41, 5.74) is 6.81. The number of rotatable bonds is 3. The molecule has 0 saturated carbocycles. The van der Waals surface area contributed by atoms with Crippen LogP contribution >= 0.6 is 11.6 Å². The Balaban J connectivity index is 2.40. The van der Waals surface area contributed by atoms with Gasteiger partial charge >= 0.3 is 0 Å². The van der Waals surface area contributed by atoms with Gasteiger partial charge in [0.2, 0.25) is 0 Å². The Morgan fingerprint density at radius 3 is 2.53 bits per heavy atom. The molecule has 0 spiro atoms. The highest BCUT2D eigenvalue weighted by Crippen LogP contribution is 2.24. The van der Waals surface area contributed by atoms with Gasteiger partial charge in [-0.05, 0) is 23.8 Å². The second-order valence-electron chi connectivity index (χ2n) is 3.59. The molecule has 1 heterocycles. The van der Waals surface area contributed by atoms with E-state index in [0.717, 1.165) is 0 Å². The zero-order valence-electron chi connectivity index (χ0n) is 8.98. The van der Waals surface area contributed by atoms with Crippen LogP contribution in [0.5, 0.6) is 0 Å². The van der Waals surface area contributed by atoms with E-state index in [0.29, 0.717) is 16.4 Å². The lowest BCUT2D eigenvalue weighted by Crippen LogP contribution is -2.16. The van der Waals surface area contributed by atoms with Crippen LogP contribution in [0.15, 0.2) is 36.4 Å². The first-order chi connectivity index (χ1) is 8.22. The molecule has 17 heavy (non-hydrogen) atoms. The van der Waals surface area contributed by atoms with Crippen molar-refractivity contribution in [3.05, 3.63) is 58.6 Å². The van der Waals surface area contributed by atoms with Crippen molar-refractivity contribution in [2.24, 2.45) is 5.73 Å². The van der Waals surface area contributed by atoms with Crippen LogP contribution in [0, 0.1) is 5.82 Å². The van der Waals surface area contributed by atoms with Crippen LogP contribution in [0.2, 0.25) is 5.15 Å². The SMILES string of the molecule is NCC(c1ccc(Cl)nn1)c1ccccc1F. The van der Waals surface area contributed by atoms with E-state index in [1.807, 2.05) is 0 Å². The number of aromatic nitrogens is 2. The zero-order valence-corrected chi connectivity index (χ0v) is 9.73. The third-order valence-electron chi connectivity index (χ3n) is 2.53. The molecular formula is C12H11ClFN3. The topological polar surface area (TPSA) is 51.8 Å². The first kappa shape index (κ1) is 12.0. The van der Waals surface area contributed by atoms with E-state index < -0.39 is 0 Å². The van der Waals surface area contributed by atoms with Crippen LogP contribution in [-0.2, 0) is 0 Å². The van der Waals surface area contributed by atoms with E-state index >= 15 is 0 Å². The van der Waals surface area contributed by atoms with Gasteiger partial charge in [0.05, 0.1) is 5.69 Å². The lowest BCUT2D eigenvalue weighted by molar-refractivity contribution is 0.593. The fourth-order valence-corrected chi connectivity index (χ4v) is 1.78. The van der Waals surface area contributed by atoms with E-state index in [1.165, 1.54) is 6.07 Å². The molecule has 0 bridgehead atoms. The van der Waals surface area contributed by atoms with Gasteiger partial charge in [-0.25, -0.2) is 4.39 Å². The van der Waals surface area contributed by atoms with E-state index in [2.05, 4.69) is 10.2 Å². The Labute approximate surface area is 103 Å². The first-order valence-corrected chi connectivity index (χ1v) is 5.54. The lowest BCUT2D eigenvalue weighted by atomic mass is 9.95. The molecule has 0 radical (unpaired) electrons. The van der Waals surface area contributed by atoms with Crippen molar-refractivity contribution in [2.75, 3.05) is 6.54 Å². The Kier molecular flexibility index (Phi) is 3.66. The average molecular weight is 252 g/mol. The first-order valence-electron chi connectivity index (χ1n) is 5.16. The smallest absolute Gasteiger partial charge is 0.151 e. The molecule has 0 amide bonds.